The molecule has 2 saturated heterocycles. The fourth-order valence-electron chi connectivity index (χ4n) is 4.11. The minimum atomic E-state index is -0.379. The molecular formula is C22H23ClN4O2S. The molecule has 30 heavy (non-hydrogen) atoms. The number of aromatic nitrogens is 3. The van der Waals surface area contributed by atoms with E-state index in [-0.39, 0.29) is 5.79 Å². The smallest absolute Gasteiger partial charge is 0.204 e. The lowest BCUT2D eigenvalue weighted by molar-refractivity contribution is -0.187. The molecule has 2 aromatic carbocycles. The van der Waals surface area contributed by atoms with Crippen LogP contribution in [0.3, 0.4) is 0 Å². The second-order valence-corrected chi connectivity index (χ2v) is 8.45. The van der Waals surface area contributed by atoms with Crippen LogP contribution in [0.5, 0.6) is 0 Å². The number of hydrogen-bond donors (Lipinski definition) is 0. The molecule has 0 bridgehead atoms. The van der Waals surface area contributed by atoms with Gasteiger partial charge in [-0.15, -0.1) is 5.10 Å². The average molecular weight is 443 g/mol. The average Bonchev–Trinajstić information content (AvgIpc) is 3.36. The third kappa shape index (κ3) is 3.84. The quantitative estimate of drug-likeness (QED) is 0.556. The summed E-state index contributed by atoms with van der Waals surface area (Å²) in [4.78, 5) is 2.35. The van der Waals surface area contributed by atoms with Gasteiger partial charge in [-0.3, -0.25) is 9.47 Å². The highest BCUT2D eigenvalue weighted by Gasteiger charge is 2.39. The lowest BCUT2D eigenvalue weighted by atomic mass is 10.0. The zero-order valence-electron chi connectivity index (χ0n) is 16.5. The number of para-hydroxylation sites is 1. The topological polar surface area (TPSA) is 44.4 Å². The monoisotopic (exact) mass is 442 g/mol. The first-order valence-corrected chi connectivity index (χ1v) is 10.9. The summed E-state index contributed by atoms with van der Waals surface area (Å²) in [5.41, 5.74) is 1.96. The van der Waals surface area contributed by atoms with Gasteiger partial charge in [0.2, 0.25) is 4.77 Å². The van der Waals surface area contributed by atoms with Gasteiger partial charge in [-0.05, 0) is 48.6 Å². The molecule has 0 atom stereocenters. The predicted octanol–water partition coefficient (Wildman–Crippen LogP) is 4.52. The van der Waals surface area contributed by atoms with Crippen LogP contribution in [0.25, 0.3) is 17.1 Å². The van der Waals surface area contributed by atoms with Crippen molar-refractivity contribution in [3.05, 3.63) is 64.4 Å². The summed E-state index contributed by atoms with van der Waals surface area (Å²) in [5.74, 6) is 0.425. The van der Waals surface area contributed by atoms with Crippen LogP contribution in [-0.4, -0.2) is 51.3 Å². The van der Waals surface area contributed by atoms with E-state index in [0.717, 1.165) is 43.0 Å². The molecular weight excluding hydrogens is 420 g/mol. The molecule has 1 aromatic heterocycles. The van der Waals surface area contributed by atoms with Crippen LogP contribution in [0, 0.1) is 4.77 Å². The lowest BCUT2D eigenvalue weighted by Crippen LogP contribution is -2.45. The van der Waals surface area contributed by atoms with E-state index >= 15 is 0 Å². The zero-order valence-corrected chi connectivity index (χ0v) is 18.1. The summed E-state index contributed by atoms with van der Waals surface area (Å²) in [6.07, 6.45) is 1.73. The molecule has 0 unspecified atom stereocenters. The van der Waals surface area contributed by atoms with Crippen molar-refractivity contribution in [1.82, 2.24) is 19.2 Å². The Morgan fingerprint density at radius 3 is 2.30 bits per heavy atom. The Hall–Kier alpha value is -2.03. The van der Waals surface area contributed by atoms with Crippen molar-refractivity contribution in [3.8, 4) is 17.1 Å². The fourth-order valence-corrected chi connectivity index (χ4v) is 4.52. The van der Waals surface area contributed by atoms with Crippen molar-refractivity contribution >= 4 is 23.8 Å². The molecule has 0 amide bonds. The van der Waals surface area contributed by atoms with Gasteiger partial charge in [-0.1, -0.05) is 29.8 Å². The molecule has 0 aliphatic carbocycles. The number of rotatable bonds is 4. The van der Waals surface area contributed by atoms with Crippen LogP contribution in [0.1, 0.15) is 12.8 Å². The summed E-state index contributed by atoms with van der Waals surface area (Å²) in [6.45, 7) is 3.79. The van der Waals surface area contributed by atoms with Crippen molar-refractivity contribution in [3.63, 3.8) is 0 Å². The van der Waals surface area contributed by atoms with Gasteiger partial charge in [0, 0.05) is 42.2 Å². The number of piperidine rings is 1. The van der Waals surface area contributed by atoms with Crippen molar-refractivity contribution in [2.75, 3.05) is 26.3 Å². The Bertz CT molecular complexity index is 1060. The Kier molecular flexibility index (Phi) is 5.47. The first kappa shape index (κ1) is 19.9. The SMILES string of the molecule is S=c1n(CN2CCC3(CC2)OCCO3)nc(-c2ccc(Cl)cc2)n1-c1ccccc1. The Labute approximate surface area is 185 Å². The third-order valence-corrected chi connectivity index (χ3v) is 6.37. The first-order chi connectivity index (χ1) is 14.6. The molecule has 6 nitrogen and oxygen atoms in total. The maximum absolute atomic E-state index is 6.09. The number of likely N-dealkylation sites (tertiary alicyclic amines) is 1. The van der Waals surface area contributed by atoms with Gasteiger partial charge < -0.3 is 9.47 Å². The highest BCUT2D eigenvalue weighted by atomic mass is 35.5. The van der Waals surface area contributed by atoms with Gasteiger partial charge >= 0.3 is 0 Å². The number of benzene rings is 2. The summed E-state index contributed by atoms with van der Waals surface area (Å²) in [6, 6.07) is 17.8. The normalized spacial score (nSPS) is 18.8. The molecule has 2 aliphatic heterocycles. The van der Waals surface area contributed by atoms with Crippen molar-refractivity contribution in [2.45, 2.75) is 25.3 Å². The van der Waals surface area contributed by atoms with E-state index in [1.54, 1.807) is 0 Å². The molecule has 0 N–H and O–H groups in total. The van der Waals surface area contributed by atoms with E-state index in [1.807, 2.05) is 63.8 Å². The van der Waals surface area contributed by atoms with E-state index in [0.29, 0.717) is 29.7 Å². The number of hydrogen-bond acceptors (Lipinski definition) is 5. The van der Waals surface area contributed by atoms with Crippen molar-refractivity contribution in [2.24, 2.45) is 0 Å². The molecule has 3 heterocycles. The van der Waals surface area contributed by atoms with E-state index < -0.39 is 0 Å². The van der Waals surface area contributed by atoms with Crippen LogP contribution >= 0.6 is 23.8 Å². The molecule has 3 aromatic rings. The molecule has 2 fully saturated rings. The summed E-state index contributed by atoms with van der Waals surface area (Å²) >= 11 is 11.9. The Morgan fingerprint density at radius 1 is 0.967 bits per heavy atom. The van der Waals surface area contributed by atoms with E-state index in [9.17, 15) is 0 Å². The second-order valence-electron chi connectivity index (χ2n) is 7.65. The second kappa shape index (κ2) is 8.24. The highest BCUT2D eigenvalue weighted by molar-refractivity contribution is 7.71. The summed E-state index contributed by atoms with van der Waals surface area (Å²) in [5, 5.41) is 5.59. The molecule has 0 saturated carbocycles. The van der Waals surface area contributed by atoms with Crippen LogP contribution in [0.15, 0.2) is 54.6 Å². The molecule has 0 radical (unpaired) electrons. The Morgan fingerprint density at radius 2 is 1.63 bits per heavy atom. The summed E-state index contributed by atoms with van der Waals surface area (Å²) in [7, 11) is 0. The Balaban J connectivity index is 1.46. The minimum absolute atomic E-state index is 0.379. The van der Waals surface area contributed by atoms with E-state index in [4.69, 9.17) is 38.4 Å². The van der Waals surface area contributed by atoms with Gasteiger partial charge in [-0.2, -0.15) is 0 Å². The predicted molar refractivity (Wildman–Crippen MR) is 118 cm³/mol. The van der Waals surface area contributed by atoms with Gasteiger partial charge in [-0.25, -0.2) is 4.68 Å². The van der Waals surface area contributed by atoms with E-state index in [2.05, 4.69) is 4.90 Å². The lowest BCUT2D eigenvalue weighted by Gasteiger charge is -2.37. The number of ether oxygens (including phenoxy) is 2. The maximum atomic E-state index is 6.09. The first-order valence-electron chi connectivity index (χ1n) is 10.2. The molecule has 156 valence electrons. The highest BCUT2D eigenvalue weighted by Crippen LogP contribution is 2.31. The third-order valence-electron chi connectivity index (χ3n) is 5.72. The zero-order chi connectivity index (χ0) is 20.6. The van der Waals surface area contributed by atoms with Crippen LogP contribution in [-0.2, 0) is 16.1 Å². The van der Waals surface area contributed by atoms with Crippen LogP contribution in [0.4, 0.5) is 0 Å². The number of halogens is 1. The molecule has 1 spiro atoms. The molecule has 2 aliphatic rings. The van der Waals surface area contributed by atoms with Gasteiger partial charge in [0.25, 0.3) is 0 Å². The number of nitrogens with zero attached hydrogens (tertiary/aromatic N) is 4. The largest absolute Gasteiger partial charge is 0.347 e. The van der Waals surface area contributed by atoms with E-state index in [1.165, 1.54) is 0 Å². The molecule has 8 heteroatoms. The molecule has 5 rings (SSSR count). The van der Waals surface area contributed by atoms with Crippen LogP contribution < -0.4 is 0 Å². The van der Waals surface area contributed by atoms with Crippen molar-refractivity contribution in [1.29, 1.82) is 0 Å². The minimum Gasteiger partial charge on any atom is -0.347 e. The van der Waals surface area contributed by atoms with Crippen LogP contribution in [0.2, 0.25) is 5.02 Å². The van der Waals surface area contributed by atoms with Gasteiger partial charge in [0.15, 0.2) is 11.6 Å². The van der Waals surface area contributed by atoms with Crippen molar-refractivity contribution < 1.29 is 9.47 Å². The van der Waals surface area contributed by atoms with Gasteiger partial charge in [0.05, 0.1) is 19.9 Å². The van der Waals surface area contributed by atoms with Gasteiger partial charge in [0.1, 0.15) is 0 Å². The standard InChI is InChI=1S/C22H23ClN4O2S/c23-18-8-6-17(7-9-18)20-24-26(21(30)27(20)19-4-2-1-3-5-19)16-25-12-10-22(11-13-25)28-14-15-29-22/h1-9H,10-16H2. The maximum Gasteiger partial charge on any atom is 0.204 e. The fraction of sp³-hybridized carbons (Fsp3) is 0.364. The summed E-state index contributed by atoms with van der Waals surface area (Å²) < 4.78 is 16.3.